The third-order valence-corrected chi connectivity index (χ3v) is 4.15. The minimum atomic E-state index is -0.948. The number of carbonyl (C=O) groups is 2. The summed E-state index contributed by atoms with van der Waals surface area (Å²) in [6.07, 6.45) is 1.78. The molecule has 1 amide bonds. The number of aliphatic carboxylic acids is 1. The maximum absolute atomic E-state index is 13.7. The predicted molar refractivity (Wildman–Crippen MR) is 74.9 cm³/mol. The summed E-state index contributed by atoms with van der Waals surface area (Å²) >= 11 is 0. The van der Waals surface area contributed by atoms with E-state index in [4.69, 9.17) is 4.74 Å². The van der Waals surface area contributed by atoms with Crippen LogP contribution in [-0.2, 0) is 9.59 Å². The van der Waals surface area contributed by atoms with Crippen molar-refractivity contribution in [1.82, 2.24) is 0 Å². The molecule has 2 rings (SSSR count). The predicted octanol–water partition coefficient (Wildman–Crippen LogP) is 2.44. The molecule has 1 fully saturated rings. The Bertz CT molecular complexity index is 569. The molecule has 0 heterocycles. The molecule has 0 saturated heterocycles. The highest BCUT2D eigenvalue weighted by molar-refractivity contribution is 5.96. The Balaban J connectivity index is 2.12. The van der Waals surface area contributed by atoms with Crippen LogP contribution in [0.15, 0.2) is 18.2 Å². The van der Waals surface area contributed by atoms with Gasteiger partial charge in [-0.25, -0.2) is 4.39 Å². The Morgan fingerprint density at radius 1 is 1.43 bits per heavy atom. The lowest BCUT2D eigenvalue weighted by atomic mass is 9.66. The first-order valence-electron chi connectivity index (χ1n) is 6.73. The lowest BCUT2D eigenvalue weighted by molar-refractivity contribution is -0.157. The zero-order chi connectivity index (χ0) is 15.6. The summed E-state index contributed by atoms with van der Waals surface area (Å²) < 4.78 is 18.5. The number of benzene rings is 1. The van der Waals surface area contributed by atoms with E-state index in [2.05, 4.69) is 0 Å². The van der Waals surface area contributed by atoms with E-state index in [1.165, 1.54) is 31.2 Å². The van der Waals surface area contributed by atoms with Gasteiger partial charge in [0.1, 0.15) is 0 Å². The molecule has 0 bridgehead atoms. The molecule has 5 nitrogen and oxygen atoms in total. The standard InChI is InChI=1S/C15H18FNO4/c1-17(10-4-5-12(21-2)11(16)8-10)13(18)9-15(14(19)20)6-3-7-15/h4-5,8H,3,6-7,9H2,1-2H3,(H,19,20). The third-order valence-electron chi connectivity index (χ3n) is 4.15. The van der Waals surface area contributed by atoms with Crippen LogP contribution in [0.25, 0.3) is 0 Å². The van der Waals surface area contributed by atoms with Gasteiger partial charge in [-0.15, -0.1) is 0 Å². The topological polar surface area (TPSA) is 66.8 Å². The van der Waals surface area contributed by atoms with Crippen molar-refractivity contribution in [3.8, 4) is 5.75 Å². The highest BCUT2D eigenvalue weighted by Gasteiger charge is 2.46. The number of hydrogen-bond acceptors (Lipinski definition) is 3. The Kier molecular flexibility index (Phi) is 4.16. The number of amides is 1. The van der Waals surface area contributed by atoms with E-state index in [0.29, 0.717) is 18.5 Å². The summed E-state index contributed by atoms with van der Waals surface area (Å²) in [5.41, 5.74) is -0.575. The molecule has 0 aliphatic heterocycles. The number of carboxylic acid groups (broad SMARTS) is 1. The summed E-state index contributed by atoms with van der Waals surface area (Å²) in [7, 11) is 2.87. The molecule has 1 aliphatic rings. The number of halogens is 1. The molecule has 0 unspecified atom stereocenters. The molecule has 1 aromatic carbocycles. The first kappa shape index (κ1) is 15.3. The fourth-order valence-corrected chi connectivity index (χ4v) is 2.49. The Labute approximate surface area is 122 Å². The lowest BCUT2D eigenvalue weighted by Crippen LogP contribution is -2.43. The van der Waals surface area contributed by atoms with E-state index in [1.54, 1.807) is 6.07 Å². The third kappa shape index (κ3) is 2.84. The van der Waals surface area contributed by atoms with Crippen LogP contribution >= 0.6 is 0 Å². The molecular formula is C15H18FNO4. The van der Waals surface area contributed by atoms with Crippen molar-refractivity contribution in [1.29, 1.82) is 0 Å². The summed E-state index contributed by atoms with van der Waals surface area (Å²) in [6.45, 7) is 0. The van der Waals surface area contributed by atoms with Crippen molar-refractivity contribution in [2.75, 3.05) is 19.1 Å². The molecule has 0 radical (unpaired) electrons. The van der Waals surface area contributed by atoms with E-state index in [-0.39, 0.29) is 18.1 Å². The summed E-state index contributed by atoms with van der Waals surface area (Å²) in [4.78, 5) is 24.8. The lowest BCUT2D eigenvalue weighted by Gasteiger charge is -2.38. The minimum Gasteiger partial charge on any atom is -0.494 e. The van der Waals surface area contributed by atoms with E-state index in [9.17, 15) is 19.1 Å². The van der Waals surface area contributed by atoms with Gasteiger partial charge in [0.25, 0.3) is 0 Å². The first-order valence-corrected chi connectivity index (χ1v) is 6.73. The van der Waals surface area contributed by atoms with Crippen LogP contribution in [0.1, 0.15) is 25.7 Å². The first-order chi connectivity index (χ1) is 9.89. The molecule has 1 saturated carbocycles. The average Bonchev–Trinajstić information content (AvgIpc) is 2.41. The number of hydrogen-bond donors (Lipinski definition) is 1. The monoisotopic (exact) mass is 295 g/mol. The number of nitrogens with zero attached hydrogens (tertiary/aromatic N) is 1. The van der Waals surface area contributed by atoms with Gasteiger partial charge in [-0.1, -0.05) is 6.42 Å². The number of carboxylic acids is 1. The van der Waals surface area contributed by atoms with Gasteiger partial charge in [0.2, 0.25) is 5.91 Å². The van der Waals surface area contributed by atoms with Crippen LogP contribution in [0.2, 0.25) is 0 Å². The Morgan fingerprint density at radius 3 is 2.52 bits per heavy atom. The highest BCUT2D eigenvalue weighted by Crippen LogP contribution is 2.44. The SMILES string of the molecule is COc1ccc(N(C)C(=O)CC2(C(=O)O)CCC2)cc1F. The van der Waals surface area contributed by atoms with Crippen LogP contribution in [0.3, 0.4) is 0 Å². The van der Waals surface area contributed by atoms with Crippen molar-refractivity contribution < 1.29 is 23.8 Å². The number of anilines is 1. The zero-order valence-electron chi connectivity index (χ0n) is 12.1. The Hall–Kier alpha value is -2.11. The molecule has 1 N–H and O–H groups in total. The molecule has 0 spiro atoms. The van der Waals surface area contributed by atoms with Crippen LogP contribution in [0.4, 0.5) is 10.1 Å². The van der Waals surface area contributed by atoms with E-state index >= 15 is 0 Å². The van der Waals surface area contributed by atoms with Crippen molar-refractivity contribution in [3.05, 3.63) is 24.0 Å². The van der Waals surface area contributed by atoms with Crippen molar-refractivity contribution >= 4 is 17.6 Å². The van der Waals surface area contributed by atoms with Gasteiger partial charge in [0.15, 0.2) is 11.6 Å². The molecule has 1 aliphatic carbocycles. The van der Waals surface area contributed by atoms with Crippen LogP contribution in [0, 0.1) is 11.2 Å². The average molecular weight is 295 g/mol. The van der Waals surface area contributed by atoms with Gasteiger partial charge in [-0.05, 0) is 25.0 Å². The number of methoxy groups -OCH3 is 1. The summed E-state index contributed by atoms with van der Waals surface area (Å²) in [6, 6.07) is 4.20. The quantitative estimate of drug-likeness (QED) is 0.906. The smallest absolute Gasteiger partial charge is 0.310 e. The van der Waals surface area contributed by atoms with Crippen molar-refractivity contribution in [2.24, 2.45) is 5.41 Å². The minimum absolute atomic E-state index is 0.0630. The molecule has 21 heavy (non-hydrogen) atoms. The largest absolute Gasteiger partial charge is 0.494 e. The van der Waals surface area contributed by atoms with E-state index in [0.717, 1.165) is 6.42 Å². The fourth-order valence-electron chi connectivity index (χ4n) is 2.49. The zero-order valence-corrected chi connectivity index (χ0v) is 12.1. The Morgan fingerprint density at radius 2 is 2.10 bits per heavy atom. The molecular weight excluding hydrogens is 277 g/mol. The van der Waals surface area contributed by atoms with E-state index in [1.807, 2.05) is 0 Å². The van der Waals surface area contributed by atoms with Crippen LogP contribution in [-0.4, -0.2) is 31.1 Å². The second-order valence-electron chi connectivity index (χ2n) is 5.39. The van der Waals surface area contributed by atoms with Gasteiger partial charge >= 0.3 is 5.97 Å². The van der Waals surface area contributed by atoms with Crippen LogP contribution < -0.4 is 9.64 Å². The maximum Gasteiger partial charge on any atom is 0.310 e. The maximum atomic E-state index is 13.7. The van der Waals surface area contributed by atoms with Crippen molar-refractivity contribution in [3.63, 3.8) is 0 Å². The van der Waals surface area contributed by atoms with Gasteiger partial charge in [-0.2, -0.15) is 0 Å². The fraction of sp³-hybridized carbons (Fsp3) is 0.467. The number of carbonyl (C=O) groups excluding carboxylic acids is 1. The van der Waals surface area contributed by atoms with Gasteiger partial charge in [0.05, 0.1) is 12.5 Å². The molecule has 114 valence electrons. The summed E-state index contributed by atoms with van der Waals surface area (Å²) in [5, 5.41) is 9.25. The summed E-state index contributed by atoms with van der Waals surface area (Å²) in [5.74, 6) is -1.73. The normalized spacial score (nSPS) is 16.0. The van der Waals surface area contributed by atoms with Gasteiger partial charge in [0, 0.05) is 25.2 Å². The van der Waals surface area contributed by atoms with Crippen LogP contribution in [0.5, 0.6) is 5.75 Å². The van der Waals surface area contributed by atoms with Crippen molar-refractivity contribution in [2.45, 2.75) is 25.7 Å². The van der Waals surface area contributed by atoms with Gasteiger partial charge in [-0.3, -0.25) is 9.59 Å². The second-order valence-corrected chi connectivity index (χ2v) is 5.39. The van der Waals surface area contributed by atoms with Gasteiger partial charge < -0.3 is 14.7 Å². The molecule has 0 atom stereocenters. The number of ether oxygens (including phenoxy) is 1. The number of rotatable bonds is 5. The molecule has 1 aromatic rings. The molecule has 0 aromatic heterocycles. The van der Waals surface area contributed by atoms with E-state index < -0.39 is 17.2 Å². The highest BCUT2D eigenvalue weighted by atomic mass is 19.1. The second kappa shape index (κ2) is 5.71. The molecule has 6 heteroatoms.